The number of rotatable bonds is 13. The van der Waals surface area contributed by atoms with E-state index in [1.165, 1.54) is 30.6 Å². The smallest absolute Gasteiger partial charge is 0.548 e. The van der Waals surface area contributed by atoms with Gasteiger partial charge in [0, 0.05) is 31.7 Å². The van der Waals surface area contributed by atoms with Gasteiger partial charge >= 0.3 is 65.1 Å². The summed E-state index contributed by atoms with van der Waals surface area (Å²) in [6.07, 6.45) is 3.01. The molecule has 0 saturated carbocycles. The van der Waals surface area contributed by atoms with Crippen molar-refractivity contribution in [2.24, 2.45) is 0 Å². The zero-order chi connectivity index (χ0) is 20.4. The summed E-state index contributed by atoms with van der Waals surface area (Å²) in [4.78, 5) is 36.2. The monoisotopic (exact) mass is 418 g/mol. The number of allylic oxidation sites excluding steroid dienone is 1. The van der Waals surface area contributed by atoms with Crippen molar-refractivity contribution in [2.75, 3.05) is 19.6 Å². The summed E-state index contributed by atoms with van der Waals surface area (Å²) in [5.41, 5.74) is 0. The molecule has 0 aromatic rings. The summed E-state index contributed by atoms with van der Waals surface area (Å²) in [6.45, 7) is 5.87. The maximum atomic E-state index is 11.2. The van der Waals surface area contributed by atoms with E-state index >= 15 is 0 Å². The molecule has 0 bridgehead atoms. The molecule has 4 unspecified atom stereocenters. The number of carbonyl (C=O) groups excluding carboxylic acids is 2. The molecule has 0 aliphatic rings. The van der Waals surface area contributed by atoms with Crippen LogP contribution >= 0.6 is 0 Å². The maximum absolute atomic E-state index is 11.2. The first kappa shape index (κ1) is 32.7. The molecule has 0 rings (SSSR count). The minimum absolute atomic E-state index is 0. The zero-order valence-electron chi connectivity index (χ0n) is 17.6. The SMILES string of the molecule is C/C=C/CC(O)CN(CCN(C(C)C(=O)[O-])C(C)C(=O)O)C(C)C(=O)[O-].[Na+].[Na+]. The summed E-state index contributed by atoms with van der Waals surface area (Å²) in [7, 11) is 0. The summed E-state index contributed by atoms with van der Waals surface area (Å²) < 4.78 is 0. The molecule has 0 saturated heterocycles. The molecule has 0 aromatic carbocycles. The number of carboxylic acids is 3. The Morgan fingerprint density at radius 2 is 1.46 bits per heavy atom. The van der Waals surface area contributed by atoms with Gasteiger partial charge in [-0.05, 0) is 34.1 Å². The molecule has 0 aliphatic carbocycles. The summed E-state index contributed by atoms with van der Waals surface area (Å²) in [5.74, 6) is -3.97. The number of aliphatic hydroxyl groups is 1. The van der Waals surface area contributed by atoms with Gasteiger partial charge in [-0.25, -0.2) is 0 Å². The Morgan fingerprint density at radius 3 is 1.86 bits per heavy atom. The van der Waals surface area contributed by atoms with Gasteiger partial charge in [0.15, 0.2) is 0 Å². The van der Waals surface area contributed by atoms with E-state index in [9.17, 15) is 29.7 Å². The van der Waals surface area contributed by atoms with Crippen molar-refractivity contribution in [3.63, 3.8) is 0 Å². The Balaban J connectivity index is -0.00000312. The molecule has 0 spiro atoms. The fourth-order valence-electron chi connectivity index (χ4n) is 2.47. The number of carbonyl (C=O) groups is 3. The molecule has 0 radical (unpaired) electrons. The fourth-order valence-corrected chi connectivity index (χ4v) is 2.47. The molecule has 150 valence electrons. The van der Waals surface area contributed by atoms with Crippen molar-refractivity contribution in [3.8, 4) is 0 Å². The van der Waals surface area contributed by atoms with Crippen molar-refractivity contribution >= 4 is 17.9 Å². The molecule has 0 amide bonds. The van der Waals surface area contributed by atoms with Crippen LogP contribution in [0.15, 0.2) is 12.2 Å². The average Bonchev–Trinajstić information content (AvgIpc) is 2.57. The first-order valence-corrected chi connectivity index (χ1v) is 8.46. The van der Waals surface area contributed by atoms with Gasteiger partial charge in [0.2, 0.25) is 0 Å². The Hall–Kier alpha value is 0.0300. The first-order valence-electron chi connectivity index (χ1n) is 8.46. The molecule has 0 fully saturated rings. The molecule has 11 heteroatoms. The second kappa shape index (κ2) is 16.8. The molecule has 0 aromatic heterocycles. The topological polar surface area (TPSA) is 144 Å². The predicted octanol–water partition coefficient (Wildman–Crippen LogP) is -8.32. The molecule has 4 atom stereocenters. The fraction of sp³-hybridized carbons (Fsp3) is 0.706. The first-order chi connectivity index (χ1) is 12.0. The van der Waals surface area contributed by atoms with Gasteiger partial charge in [-0.2, -0.15) is 0 Å². The maximum Gasteiger partial charge on any atom is 1.00 e. The van der Waals surface area contributed by atoms with Gasteiger partial charge in [-0.3, -0.25) is 14.6 Å². The van der Waals surface area contributed by atoms with E-state index in [1.54, 1.807) is 19.1 Å². The van der Waals surface area contributed by atoms with Crippen LogP contribution in [-0.4, -0.2) is 81.8 Å². The van der Waals surface area contributed by atoms with Crippen LogP contribution in [0.25, 0.3) is 0 Å². The Kier molecular flexibility index (Phi) is 19.6. The third kappa shape index (κ3) is 11.9. The van der Waals surface area contributed by atoms with Crippen LogP contribution in [0, 0.1) is 0 Å². The van der Waals surface area contributed by atoms with Crippen LogP contribution in [0.2, 0.25) is 0 Å². The third-order valence-electron chi connectivity index (χ3n) is 4.32. The van der Waals surface area contributed by atoms with Crippen molar-refractivity contribution < 1.29 is 93.9 Å². The summed E-state index contributed by atoms with van der Waals surface area (Å²) in [6, 6.07) is -3.30. The second-order valence-corrected chi connectivity index (χ2v) is 6.20. The minimum Gasteiger partial charge on any atom is -0.548 e. The number of carboxylic acid groups (broad SMARTS) is 3. The van der Waals surface area contributed by atoms with Gasteiger partial charge in [0.25, 0.3) is 0 Å². The molecule has 0 aliphatic heterocycles. The molecule has 2 N–H and O–H groups in total. The van der Waals surface area contributed by atoms with E-state index in [-0.39, 0.29) is 78.7 Å². The predicted molar refractivity (Wildman–Crippen MR) is 89.8 cm³/mol. The van der Waals surface area contributed by atoms with Gasteiger partial charge in [0.05, 0.1) is 18.0 Å². The Bertz CT molecular complexity index is 500. The van der Waals surface area contributed by atoms with Crippen LogP contribution in [0.4, 0.5) is 0 Å². The molecular weight excluding hydrogens is 390 g/mol. The van der Waals surface area contributed by atoms with E-state index in [4.69, 9.17) is 5.11 Å². The number of nitrogens with zero attached hydrogens (tertiary/aromatic N) is 2. The van der Waals surface area contributed by atoms with Gasteiger partial charge < -0.3 is 30.0 Å². The number of aliphatic hydroxyl groups excluding tert-OH is 1. The number of hydrogen-bond acceptors (Lipinski definition) is 8. The second-order valence-electron chi connectivity index (χ2n) is 6.20. The zero-order valence-corrected chi connectivity index (χ0v) is 21.6. The van der Waals surface area contributed by atoms with Gasteiger partial charge in [0.1, 0.15) is 6.04 Å². The molecule has 9 nitrogen and oxygen atoms in total. The van der Waals surface area contributed by atoms with Crippen molar-refractivity contribution in [1.29, 1.82) is 0 Å². The van der Waals surface area contributed by atoms with E-state index in [2.05, 4.69) is 0 Å². The van der Waals surface area contributed by atoms with Crippen LogP contribution in [0.5, 0.6) is 0 Å². The third-order valence-corrected chi connectivity index (χ3v) is 4.32. The van der Waals surface area contributed by atoms with Crippen LogP contribution in [0.1, 0.15) is 34.1 Å². The van der Waals surface area contributed by atoms with E-state index in [1.807, 2.05) is 0 Å². The van der Waals surface area contributed by atoms with Crippen molar-refractivity contribution in [2.45, 2.75) is 58.3 Å². The molecule has 28 heavy (non-hydrogen) atoms. The molecule has 0 heterocycles. The standard InChI is InChI=1S/C17H30N2O7.2Na/c1-5-6-7-14(20)10-18(11(2)15(21)22)8-9-19(12(3)16(23)24)13(4)17(25)26;;/h5-6,11-14,20H,7-10H2,1-4H3,(H,21,22)(H,23,24)(H,25,26);;/q;2*+1/p-2/b6-5+;;. The minimum atomic E-state index is -1.43. The average molecular weight is 418 g/mol. The Labute approximate surface area is 210 Å². The van der Waals surface area contributed by atoms with Crippen LogP contribution in [-0.2, 0) is 14.4 Å². The van der Waals surface area contributed by atoms with Crippen LogP contribution < -0.4 is 69.3 Å². The number of aliphatic carboxylic acids is 3. The van der Waals surface area contributed by atoms with E-state index in [0.717, 1.165) is 0 Å². The van der Waals surface area contributed by atoms with Crippen LogP contribution in [0.3, 0.4) is 0 Å². The molecular formula is C17H28N2Na2O7. The number of hydrogen-bond donors (Lipinski definition) is 2. The van der Waals surface area contributed by atoms with Crippen molar-refractivity contribution in [3.05, 3.63) is 12.2 Å². The largest absolute Gasteiger partial charge is 1.00 e. The summed E-state index contributed by atoms with van der Waals surface area (Å²) in [5, 5.41) is 41.5. The van der Waals surface area contributed by atoms with Gasteiger partial charge in [-0.1, -0.05) is 12.2 Å². The van der Waals surface area contributed by atoms with E-state index in [0.29, 0.717) is 6.42 Å². The quantitative estimate of drug-likeness (QED) is 0.220. The normalized spacial score (nSPS) is 15.4. The Morgan fingerprint density at radius 1 is 0.964 bits per heavy atom. The van der Waals surface area contributed by atoms with E-state index < -0.39 is 42.1 Å². The van der Waals surface area contributed by atoms with Gasteiger partial charge in [-0.15, -0.1) is 0 Å². The van der Waals surface area contributed by atoms with Crippen molar-refractivity contribution in [1.82, 2.24) is 9.80 Å². The summed E-state index contributed by atoms with van der Waals surface area (Å²) >= 11 is 0.